The molecule has 27 heavy (non-hydrogen) atoms. The van der Waals surface area contributed by atoms with Gasteiger partial charge in [-0.15, -0.1) is 10.2 Å². The summed E-state index contributed by atoms with van der Waals surface area (Å²) in [6.07, 6.45) is 5.26. The summed E-state index contributed by atoms with van der Waals surface area (Å²) in [5.74, 6) is 0.842. The van der Waals surface area contributed by atoms with Crippen LogP contribution in [0.4, 0.5) is 0 Å². The molecule has 0 amide bonds. The van der Waals surface area contributed by atoms with Crippen molar-refractivity contribution in [3.05, 3.63) is 51.3 Å². The molecule has 0 bridgehead atoms. The van der Waals surface area contributed by atoms with Gasteiger partial charge in [0.1, 0.15) is 0 Å². The average Bonchev–Trinajstić information content (AvgIpc) is 3.37. The van der Waals surface area contributed by atoms with Crippen LogP contribution in [0, 0.1) is 6.92 Å². The summed E-state index contributed by atoms with van der Waals surface area (Å²) in [6.45, 7) is 4.27. The summed E-state index contributed by atoms with van der Waals surface area (Å²) in [5, 5.41) is 17.7. The first kappa shape index (κ1) is 16.6. The highest BCUT2D eigenvalue weighted by Gasteiger charge is 2.27. The molecule has 140 valence electrons. The van der Waals surface area contributed by atoms with Crippen molar-refractivity contribution < 1.29 is 0 Å². The summed E-state index contributed by atoms with van der Waals surface area (Å²) in [5.41, 5.74) is 3.96. The van der Waals surface area contributed by atoms with Gasteiger partial charge >= 0.3 is 0 Å². The number of rotatable bonds is 4. The highest BCUT2D eigenvalue weighted by atomic mass is 16.1. The first-order valence-electron chi connectivity index (χ1n) is 9.69. The van der Waals surface area contributed by atoms with Crippen molar-refractivity contribution in [1.82, 2.24) is 34.5 Å². The number of aryl methyl sites for hydroxylation is 3. The maximum Gasteiger partial charge on any atom is 0.267 e. The van der Waals surface area contributed by atoms with E-state index in [1.807, 2.05) is 23.6 Å². The Morgan fingerprint density at radius 2 is 2.07 bits per heavy atom. The monoisotopic (exact) mass is 365 g/mol. The molecular weight excluding hydrogens is 342 g/mol. The zero-order chi connectivity index (χ0) is 18.4. The first-order chi connectivity index (χ1) is 13.2. The SMILES string of the molecule is Cc1ccc2nnc(CN3CCCC3Cn3nc4c(cc3=O)CCC4)n2n1. The van der Waals surface area contributed by atoms with Crippen molar-refractivity contribution in [3.63, 3.8) is 0 Å². The maximum absolute atomic E-state index is 12.4. The minimum absolute atomic E-state index is 0.0210. The van der Waals surface area contributed by atoms with Gasteiger partial charge in [-0.3, -0.25) is 9.69 Å². The average molecular weight is 365 g/mol. The van der Waals surface area contributed by atoms with Crippen LogP contribution in [-0.2, 0) is 25.9 Å². The molecule has 5 rings (SSSR count). The van der Waals surface area contributed by atoms with Crippen LogP contribution >= 0.6 is 0 Å². The third-order valence-corrected chi connectivity index (χ3v) is 5.71. The molecule has 1 saturated heterocycles. The number of hydrogen-bond donors (Lipinski definition) is 0. The largest absolute Gasteiger partial charge is 0.291 e. The lowest BCUT2D eigenvalue weighted by Gasteiger charge is -2.23. The summed E-state index contributed by atoms with van der Waals surface area (Å²) in [7, 11) is 0. The lowest BCUT2D eigenvalue weighted by molar-refractivity contribution is 0.210. The zero-order valence-electron chi connectivity index (χ0n) is 15.5. The molecule has 0 spiro atoms. The van der Waals surface area contributed by atoms with Crippen molar-refractivity contribution in [3.8, 4) is 0 Å². The fourth-order valence-electron chi connectivity index (χ4n) is 4.29. The summed E-state index contributed by atoms with van der Waals surface area (Å²) in [4.78, 5) is 14.8. The third-order valence-electron chi connectivity index (χ3n) is 5.71. The molecule has 0 saturated carbocycles. The van der Waals surface area contributed by atoms with Gasteiger partial charge in [0.2, 0.25) is 0 Å². The van der Waals surface area contributed by atoms with Crippen LogP contribution in [0.25, 0.3) is 5.65 Å². The van der Waals surface area contributed by atoms with Gasteiger partial charge in [0.25, 0.3) is 5.56 Å². The van der Waals surface area contributed by atoms with Crippen LogP contribution in [0.3, 0.4) is 0 Å². The van der Waals surface area contributed by atoms with E-state index >= 15 is 0 Å². The third kappa shape index (κ3) is 3.03. The molecule has 0 aromatic carbocycles. The Balaban J connectivity index is 1.38. The molecule has 8 heteroatoms. The Kier molecular flexibility index (Phi) is 4.00. The van der Waals surface area contributed by atoms with Crippen molar-refractivity contribution in [1.29, 1.82) is 0 Å². The maximum atomic E-state index is 12.4. The van der Waals surface area contributed by atoms with Crippen molar-refractivity contribution in [2.24, 2.45) is 0 Å². The van der Waals surface area contributed by atoms with Gasteiger partial charge < -0.3 is 0 Å². The van der Waals surface area contributed by atoms with Crippen LogP contribution in [-0.4, -0.2) is 47.1 Å². The van der Waals surface area contributed by atoms with Gasteiger partial charge in [0.05, 0.1) is 24.5 Å². The van der Waals surface area contributed by atoms with Crippen LogP contribution in [0.5, 0.6) is 0 Å². The molecule has 3 aromatic rings. The van der Waals surface area contributed by atoms with E-state index < -0.39 is 0 Å². The minimum Gasteiger partial charge on any atom is -0.291 e. The Hall–Kier alpha value is -2.61. The number of likely N-dealkylation sites (tertiary alicyclic amines) is 1. The number of aromatic nitrogens is 6. The molecule has 8 nitrogen and oxygen atoms in total. The molecule has 1 fully saturated rings. The van der Waals surface area contributed by atoms with E-state index in [1.54, 1.807) is 10.7 Å². The van der Waals surface area contributed by atoms with Crippen LogP contribution in [0.15, 0.2) is 23.0 Å². The van der Waals surface area contributed by atoms with Crippen molar-refractivity contribution in [2.75, 3.05) is 6.54 Å². The second-order valence-electron chi connectivity index (χ2n) is 7.62. The smallest absolute Gasteiger partial charge is 0.267 e. The van der Waals surface area contributed by atoms with E-state index in [9.17, 15) is 4.79 Å². The van der Waals surface area contributed by atoms with Crippen molar-refractivity contribution in [2.45, 2.75) is 58.2 Å². The molecule has 1 atom stereocenters. The number of hydrogen-bond acceptors (Lipinski definition) is 6. The van der Waals surface area contributed by atoms with E-state index in [2.05, 4.69) is 25.3 Å². The molecule has 3 aromatic heterocycles. The topological polar surface area (TPSA) is 81.2 Å². The molecule has 1 aliphatic carbocycles. The lowest BCUT2D eigenvalue weighted by atomic mass is 10.2. The standard InChI is InChI=1S/C19H23N7O/c1-13-7-8-17-20-21-18(26(17)22-13)12-24-9-3-5-15(24)11-25-19(27)10-14-4-2-6-16(14)23-25/h7-8,10,15H,2-6,9,11-12H2,1H3. The highest BCUT2D eigenvalue weighted by molar-refractivity contribution is 5.36. The molecule has 1 aliphatic heterocycles. The van der Waals surface area contributed by atoms with E-state index in [0.29, 0.717) is 13.1 Å². The number of nitrogens with zero attached hydrogens (tertiary/aromatic N) is 7. The van der Waals surface area contributed by atoms with Gasteiger partial charge in [-0.25, -0.2) is 4.68 Å². The van der Waals surface area contributed by atoms with Gasteiger partial charge in [0, 0.05) is 12.1 Å². The van der Waals surface area contributed by atoms with Crippen LogP contribution < -0.4 is 5.56 Å². The first-order valence-corrected chi connectivity index (χ1v) is 9.69. The quantitative estimate of drug-likeness (QED) is 0.690. The fourth-order valence-corrected chi connectivity index (χ4v) is 4.29. The van der Waals surface area contributed by atoms with E-state index in [4.69, 9.17) is 0 Å². The molecule has 2 aliphatic rings. The second kappa shape index (κ2) is 6.53. The van der Waals surface area contributed by atoms with Gasteiger partial charge in [-0.2, -0.15) is 14.7 Å². The molecule has 1 unspecified atom stereocenters. The summed E-state index contributed by atoms with van der Waals surface area (Å²) in [6, 6.07) is 5.95. The zero-order valence-corrected chi connectivity index (χ0v) is 15.5. The van der Waals surface area contributed by atoms with Gasteiger partial charge in [-0.1, -0.05) is 0 Å². The van der Waals surface area contributed by atoms with Gasteiger partial charge in [-0.05, 0) is 63.3 Å². The minimum atomic E-state index is 0.0210. The Morgan fingerprint density at radius 3 is 3.00 bits per heavy atom. The number of fused-ring (bicyclic) bond motifs is 2. The van der Waals surface area contributed by atoms with Crippen LogP contribution in [0.2, 0.25) is 0 Å². The molecule has 0 radical (unpaired) electrons. The Labute approximate surface area is 156 Å². The molecule has 4 heterocycles. The predicted molar refractivity (Wildman–Crippen MR) is 99.5 cm³/mol. The fraction of sp³-hybridized carbons (Fsp3) is 0.526. The van der Waals surface area contributed by atoms with E-state index in [-0.39, 0.29) is 11.6 Å². The Morgan fingerprint density at radius 1 is 1.15 bits per heavy atom. The van der Waals surface area contributed by atoms with E-state index in [1.165, 1.54) is 0 Å². The normalized spacial score (nSPS) is 19.8. The molecular formula is C19H23N7O. The molecule has 0 N–H and O–H groups in total. The van der Waals surface area contributed by atoms with Gasteiger partial charge in [0.15, 0.2) is 11.5 Å². The van der Waals surface area contributed by atoms with E-state index in [0.717, 1.165) is 67.1 Å². The second-order valence-corrected chi connectivity index (χ2v) is 7.62. The summed E-state index contributed by atoms with van der Waals surface area (Å²) < 4.78 is 3.49. The van der Waals surface area contributed by atoms with Crippen LogP contribution in [0.1, 0.15) is 42.0 Å². The highest BCUT2D eigenvalue weighted by Crippen LogP contribution is 2.22. The Bertz CT molecular complexity index is 1050. The lowest BCUT2D eigenvalue weighted by Crippen LogP contribution is -2.37. The van der Waals surface area contributed by atoms with Crippen molar-refractivity contribution >= 4 is 5.65 Å². The predicted octanol–water partition coefficient (Wildman–Crippen LogP) is 1.14. The summed E-state index contributed by atoms with van der Waals surface area (Å²) >= 11 is 0.